The SMILES string of the molecule is Clc1cc(Cl)c2cc3cnccc3cc2n1. The van der Waals surface area contributed by atoms with Crippen LogP contribution in [0.25, 0.3) is 21.7 Å². The van der Waals surface area contributed by atoms with E-state index >= 15 is 0 Å². The number of hydrogen-bond acceptors (Lipinski definition) is 2. The van der Waals surface area contributed by atoms with Crippen molar-refractivity contribution in [1.29, 1.82) is 0 Å². The van der Waals surface area contributed by atoms with Crippen LogP contribution >= 0.6 is 23.2 Å². The molecule has 16 heavy (non-hydrogen) atoms. The van der Waals surface area contributed by atoms with Crippen molar-refractivity contribution in [3.05, 3.63) is 46.8 Å². The van der Waals surface area contributed by atoms with Gasteiger partial charge in [-0.3, -0.25) is 4.98 Å². The Balaban J connectivity index is 2.51. The third kappa shape index (κ3) is 1.51. The molecule has 0 N–H and O–H groups in total. The number of benzene rings is 1. The van der Waals surface area contributed by atoms with E-state index in [2.05, 4.69) is 9.97 Å². The molecule has 0 amide bonds. The molecule has 0 aliphatic heterocycles. The van der Waals surface area contributed by atoms with E-state index in [1.165, 1.54) is 0 Å². The maximum Gasteiger partial charge on any atom is 0.131 e. The van der Waals surface area contributed by atoms with Gasteiger partial charge >= 0.3 is 0 Å². The van der Waals surface area contributed by atoms with E-state index in [1.807, 2.05) is 18.2 Å². The largest absolute Gasteiger partial charge is 0.264 e. The van der Waals surface area contributed by atoms with Crippen LogP contribution in [-0.4, -0.2) is 9.97 Å². The first-order chi connectivity index (χ1) is 7.74. The molecule has 0 aliphatic carbocycles. The number of fused-ring (bicyclic) bond motifs is 2. The summed E-state index contributed by atoms with van der Waals surface area (Å²) in [6.45, 7) is 0. The lowest BCUT2D eigenvalue weighted by atomic mass is 10.1. The first-order valence-electron chi connectivity index (χ1n) is 4.73. The van der Waals surface area contributed by atoms with Gasteiger partial charge in [-0.05, 0) is 29.7 Å². The average Bonchev–Trinajstić information content (AvgIpc) is 2.27. The van der Waals surface area contributed by atoms with Crippen molar-refractivity contribution in [3.63, 3.8) is 0 Å². The average molecular weight is 249 g/mol. The van der Waals surface area contributed by atoms with Crippen LogP contribution in [-0.2, 0) is 0 Å². The van der Waals surface area contributed by atoms with Crippen molar-refractivity contribution in [1.82, 2.24) is 9.97 Å². The molecule has 2 nitrogen and oxygen atoms in total. The summed E-state index contributed by atoms with van der Waals surface area (Å²) in [4.78, 5) is 8.32. The molecule has 0 unspecified atom stereocenters. The zero-order valence-corrected chi connectivity index (χ0v) is 9.63. The summed E-state index contributed by atoms with van der Waals surface area (Å²) in [5.41, 5.74) is 0.802. The predicted octanol–water partition coefficient (Wildman–Crippen LogP) is 4.09. The van der Waals surface area contributed by atoms with Crippen molar-refractivity contribution in [2.75, 3.05) is 0 Å². The minimum absolute atomic E-state index is 0.408. The summed E-state index contributed by atoms with van der Waals surface area (Å²) in [7, 11) is 0. The topological polar surface area (TPSA) is 25.8 Å². The highest BCUT2D eigenvalue weighted by Gasteiger charge is 2.04. The minimum Gasteiger partial charge on any atom is -0.264 e. The van der Waals surface area contributed by atoms with E-state index in [9.17, 15) is 0 Å². The summed E-state index contributed by atoms with van der Waals surface area (Å²) < 4.78 is 0. The minimum atomic E-state index is 0.408. The monoisotopic (exact) mass is 248 g/mol. The van der Waals surface area contributed by atoms with Crippen molar-refractivity contribution < 1.29 is 0 Å². The summed E-state index contributed by atoms with van der Waals surface area (Å²) in [5.74, 6) is 0. The van der Waals surface area contributed by atoms with Crippen LogP contribution in [0, 0.1) is 0 Å². The smallest absolute Gasteiger partial charge is 0.131 e. The summed E-state index contributed by atoms with van der Waals surface area (Å²) in [5, 5.41) is 4.03. The highest BCUT2D eigenvalue weighted by Crippen LogP contribution is 2.28. The van der Waals surface area contributed by atoms with E-state index < -0.39 is 0 Å². The van der Waals surface area contributed by atoms with Crippen molar-refractivity contribution in [2.45, 2.75) is 0 Å². The van der Waals surface area contributed by atoms with Gasteiger partial charge in [0.05, 0.1) is 10.5 Å². The van der Waals surface area contributed by atoms with Gasteiger partial charge in [-0.15, -0.1) is 0 Å². The van der Waals surface area contributed by atoms with Crippen LogP contribution < -0.4 is 0 Å². The molecule has 0 spiro atoms. The van der Waals surface area contributed by atoms with Crippen molar-refractivity contribution in [2.24, 2.45) is 0 Å². The Bertz CT molecular complexity index is 695. The Kier molecular flexibility index (Phi) is 2.20. The Morgan fingerprint density at radius 2 is 1.88 bits per heavy atom. The van der Waals surface area contributed by atoms with Gasteiger partial charge in [0, 0.05) is 23.2 Å². The highest BCUT2D eigenvalue weighted by molar-refractivity contribution is 6.38. The lowest BCUT2D eigenvalue weighted by Gasteiger charge is -2.03. The van der Waals surface area contributed by atoms with Gasteiger partial charge in [-0.2, -0.15) is 0 Å². The molecule has 3 rings (SSSR count). The zero-order valence-electron chi connectivity index (χ0n) is 8.11. The Labute approximate surface area is 102 Å². The number of nitrogens with zero attached hydrogens (tertiary/aromatic N) is 2. The summed E-state index contributed by atoms with van der Waals surface area (Å²) >= 11 is 12.0. The van der Waals surface area contributed by atoms with Crippen LogP contribution in [0.4, 0.5) is 0 Å². The van der Waals surface area contributed by atoms with Gasteiger partial charge in [0.1, 0.15) is 5.15 Å². The van der Waals surface area contributed by atoms with Gasteiger partial charge in [0.25, 0.3) is 0 Å². The molecule has 0 aliphatic rings. The van der Waals surface area contributed by atoms with Crippen molar-refractivity contribution in [3.8, 4) is 0 Å². The standard InChI is InChI=1S/C12H6Cl2N2/c13-10-5-12(14)16-11-4-7-1-2-15-6-8(7)3-9(10)11/h1-6H. The fraction of sp³-hybridized carbons (Fsp3) is 0. The van der Waals surface area contributed by atoms with Crippen LogP contribution in [0.1, 0.15) is 0 Å². The third-order valence-corrected chi connectivity index (χ3v) is 2.99. The van der Waals surface area contributed by atoms with Gasteiger partial charge in [0.15, 0.2) is 0 Å². The zero-order chi connectivity index (χ0) is 11.1. The van der Waals surface area contributed by atoms with Crippen LogP contribution in [0.5, 0.6) is 0 Å². The number of pyridine rings is 2. The Morgan fingerprint density at radius 1 is 1.00 bits per heavy atom. The van der Waals surface area contributed by atoms with Gasteiger partial charge < -0.3 is 0 Å². The molecule has 0 atom stereocenters. The molecule has 0 fully saturated rings. The molecule has 0 saturated carbocycles. The first kappa shape index (κ1) is 9.82. The lowest BCUT2D eigenvalue weighted by molar-refractivity contribution is 1.36. The van der Waals surface area contributed by atoms with E-state index in [0.29, 0.717) is 10.2 Å². The fourth-order valence-corrected chi connectivity index (χ4v) is 2.25. The molecular weight excluding hydrogens is 243 g/mol. The second-order valence-corrected chi connectivity index (χ2v) is 4.31. The number of halogens is 2. The number of aromatic nitrogens is 2. The molecular formula is C12H6Cl2N2. The maximum absolute atomic E-state index is 6.12. The fourth-order valence-electron chi connectivity index (χ4n) is 1.74. The quantitative estimate of drug-likeness (QED) is 0.443. The molecule has 78 valence electrons. The van der Waals surface area contributed by atoms with Gasteiger partial charge in [-0.1, -0.05) is 23.2 Å². The number of rotatable bonds is 0. The second kappa shape index (κ2) is 3.58. The molecule has 2 aromatic heterocycles. The predicted molar refractivity (Wildman–Crippen MR) is 67.1 cm³/mol. The summed E-state index contributed by atoms with van der Waals surface area (Å²) in [6.07, 6.45) is 3.56. The molecule has 4 heteroatoms. The molecule has 0 saturated heterocycles. The second-order valence-electron chi connectivity index (χ2n) is 3.52. The van der Waals surface area contributed by atoms with E-state index in [1.54, 1.807) is 18.5 Å². The molecule has 3 aromatic rings. The normalized spacial score (nSPS) is 11.1. The summed E-state index contributed by atoms with van der Waals surface area (Å²) in [6, 6.07) is 7.52. The maximum atomic E-state index is 6.12. The molecule has 0 radical (unpaired) electrons. The van der Waals surface area contributed by atoms with E-state index in [0.717, 1.165) is 21.7 Å². The lowest BCUT2D eigenvalue weighted by Crippen LogP contribution is -1.83. The van der Waals surface area contributed by atoms with Gasteiger partial charge in [-0.25, -0.2) is 4.98 Å². The molecule has 0 bridgehead atoms. The van der Waals surface area contributed by atoms with Crippen LogP contribution in [0.3, 0.4) is 0 Å². The molecule has 1 aromatic carbocycles. The van der Waals surface area contributed by atoms with Gasteiger partial charge in [0.2, 0.25) is 0 Å². The van der Waals surface area contributed by atoms with Crippen LogP contribution in [0.15, 0.2) is 36.7 Å². The highest BCUT2D eigenvalue weighted by atomic mass is 35.5. The van der Waals surface area contributed by atoms with E-state index in [-0.39, 0.29) is 0 Å². The molecule has 2 heterocycles. The first-order valence-corrected chi connectivity index (χ1v) is 5.49. The van der Waals surface area contributed by atoms with Crippen molar-refractivity contribution >= 4 is 44.9 Å². The Morgan fingerprint density at radius 3 is 2.75 bits per heavy atom. The van der Waals surface area contributed by atoms with Crippen LogP contribution in [0.2, 0.25) is 10.2 Å². The van der Waals surface area contributed by atoms with E-state index in [4.69, 9.17) is 23.2 Å². The third-order valence-electron chi connectivity index (χ3n) is 2.49. The number of hydrogen-bond donors (Lipinski definition) is 0. The Hall–Kier alpha value is -1.38.